The van der Waals surface area contributed by atoms with Crippen LogP contribution in [0.4, 0.5) is 0 Å². The molecule has 0 radical (unpaired) electrons. The molecule has 92 valence electrons. The summed E-state index contributed by atoms with van der Waals surface area (Å²) in [6, 6.07) is 6.77. The van der Waals surface area contributed by atoms with Gasteiger partial charge in [-0.05, 0) is 24.5 Å². The van der Waals surface area contributed by atoms with Gasteiger partial charge in [-0.25, -0.2) is 4.79 Å². The lowest BCUT2D eigenvalue weighted by Gasteiger charge is -2.12. The van der Waals surface area contributed by atoms with Crippen molar-refractivity contribution in [2.24, 2.45) is 0 Å². The van der Waals surface area contributed by atoms with Gasteiger partial charge in [-0.3, -0.25) is 4.79 Å². The van der Waals surface area contributed by atoms with Crippen LogP contribution in [0.15, 0.2) is 24.3 Å². The highest BCUT2D eigenvalue weighted by Gasteiger charge is 2.17. The summed E-state index contributed by atoms with van der Waals surface area (Å²) in [5, 5.41) is 11.3. The first-order chi connectivity index (χ1) is 8.04. The second-order valence-corrected chi connectivity index (χ2v) is 3.97. The minimum atomic E-state index is -0.995. The van der Waals surface area contributed by atoms with Gasteiger partial charge >= 0.3 is 5.97 Å². The lowest BCUT2D eigenvalue weighted by atomic mass is 10.1. The minimum Gasteiger partial charge on any atom is -0.480 e. The summed E-state index contributed by atoms with van der Waals surface area (Å²) in [4.78, 5) is 22.4. The summed E-state index contributed by atoms with van der Waals surface area (Å²) in [5.74, 6) is -1.25. The molecule has 0 heterocycles. The summed E-state index contributed by atoms with van der Waals surface area (Å²) in [6.07, 6.45) is 0.602. The fourth-order valence-electron chi connectivity index (χ4n) is 1.57. The van der Waals surface area contributed by atoms with E-state index in [4.69, 9.17) is 5.11 Å². The molecular weight excluding hydrogens is 218 g/mol. The molecule has 0 aromatic heterocycles. The summed E-state index contributed by atoms with van der Waals surface area (Å²) >= 11 is 0. The predicted octanol–water partition coefficient (Wildman–Crippen LogP) is 1.52. The van der Waals surface area contributed by atoms with Crippen molar-refractivity contribution in [1.82, 2.24) is 5.32 Å². The minimum absolute atomic E-state index is 0.219. The maximum Gasteiger partial charge on any atom is 0.326 e. The van der Waals surface area contributed by atoms with Crippen molar-refractivity contribution in [3.63, 3.8) is 0 Å². The molecule has 0 saturated carbocycles. The predicted molar refractivity (Wildman–Crippen MR) is 64.7 cm³/mol. The van der Waals surface area contributed by atoms with Crippen molar-refractivity contribution in [1.29, 1.82) is 0 Å². The third-order valence-electron chi connectivity index (χ3n) is 2.65. The third-order valence-corrected chi connectivity index (χ3v) is 2.65. The van der Waals surface area contributed by atoms with E-state index in [1.807, 2.05) is 31.2 Å². The van der Waals surface area contributed by atoms with Crippen LogP contribution < -0.4 is 5.32 Å². The van der Waals surface area contributed by atoms with Gasteiger partial charge in [0.15, 0.2) is 0 Å². The molecule has 1 aromatic carbocycles. The summed E-state index contributed by atoms with van der Waals surface area (Å²) < 4.78 is 0. The summed E-state index contributed by atoms with van der Waals surface area (Å²) in [5.41, 5.74) is 1.95. The van der Waals surface area contributed by atoms with Crippen molar-refractivity contribution in [3.05, 3.63) is 35.4 Å². The van der Waals surface area contributed by atoms with Crippen LogP contribution in [0.1, 0.15) is 24.5 Å². The number of rotatable bonds is 5. The maximum absolute atomic E-state index is 11.7. The van der Waals surface area contributed by atoms with Crippen LogP contribution in [0.5, 0.6) is 0 Å². The van der Waals surface area contributed by atoms with Gasteiger partial charge in [0.1, 0.15) is 6.04 Å². The number of amides is 1. The van der Waals surface area contributed by atoms with E-state index in [0.29, 0.717) is 6.42 Å². The molecule has 0 aliphatic carbocycles. The molecule has 1 rings (SSSR count). The summed E-state index contributed by atoms with van der Waals surface area (Å²) in [6.45, 7) is 3.66. The smallest absolute Gasteiger partial charge is 0.326 e. The summed E-state index contributed by atoms with van der Waals surface area (Å²) in [7, 11) is 0. The van der Waals surface area contributed by atoms with Gasteiger partial charge < -0.3 is 10.4 Å². The van der Waals surface area contributed by atoms with Gasteiger partial charge in [-0.15, -0.1) is 0 Å². The van der Waals surface area contributed by atoms with Crippen LogP contribution in [0.2, 0.25) is 0 Å². The standard InChI is InChI=1S/C13H17NO3/c1-3-11(13(16)17)14-12(15)8-10-7-5-4-6-9(10)2/h4-7,11H,3,8H2,1-2H3,(H,14,15)(H,16,17). The first-order valence-corrected chi connectivity index (χ1v) is 5.61. The Morgan fingerprint density at radius 3 is 2.53 bits per heavy atom. The van der Waals surface area contributed by atoms with Crippen LogP contribution in [0, 0.1) is 6.92 Å². The third kappa shape index (κ3) is 3.90. The lowest BCUT2D eigenvalue weighted by Crippen LogP contribution is -2.41. The van der Waals surface area contributed by atoms with Crippen LogP contribution in [0.25, 0.3) is 0 Å². The van der Waals surface area contributed by atoms with Gasteiger partial charge in [0.25, 0.3) is 0 Å². The molecule has 0 spiro atoms. The molecule has 0 fully saturated rings. The van der Waals surface area contributed by atoms with Gasteiger partial charge in [0, 0.05) is 0 Å². The van der Waals surface area contributed by atoms with E-state index >= 15 is 0 Å². The Balaban J connectivity index is 2.61. The number of aliphatic carboxylic acids is 1. The average molecular weight is 235 g/mol. The topological polar surface area (TPSA) is 66.4 Å². The zero-order chi connectivity index (χ0) is 12.8. The molecule has 1 aromatic rings. The van der Waals surface area contributed by atoms with E-state index in [2.05, 4.69) is 5.32 Å². The molecule has 0 bridgehead atoms. The molecule has 0 aliphatic heterocycles. The zero-order valence-corrected chi connectivity index (χ0v) is 10.1. The van der Waals surface area contributed by atoms with Gasteiger partial charge in [-0.1, -0.05) is 31.2 Å². The second-order valence-electron chi connectivity index (χ2n) is 3.97. The fraction of sp³-hybridized carbons (Fsp3) is 0.385. The van der Waals surface area contributed by atoms with E-state index < -0.39 is 12.0 Å². The number of aryl methyl sites for hydroxylation is 1. The monoisotopic (exact) mass is 235 g/mol. The number of hydrogen-bond donors (Lipinski definition) is 2. The first kappa shape index (κ1) is 13.2. The van der Waals surface area contributed by atoms with Crippen molar-refractivity contribution >= 4 is 11.9 Å². The Hall–Kier alpha value is -1.84. The van der Waals surface area contributed by atoms with Gasteiger partial charge in [0.2, 0.25) is 5.91 Å². The van der Waals surface area contributed by atoms with E-state index in [1.54, 1.807) is 6.92 Å². The van der Waals surface area contributed by atoms with E-state index in [0.717, 1.165) is 11.1 Å². The highest BCUT2D eigenvalue weighted by atomic mass is 16.4. The maximum atomic E-state index is 11.7. The molecule has 2 N–H and O–H groups in total. The van der Waals surface area contributed by atoms with E-state index in [1.165, 1.54) is 0 Å². The van der Waals surface area contributed by atoms with Crippen LogP contribution in [-0.4, -0.2) is 23.0 Å². The molecule has 1 amide bonds. The molecule has 0 saturated heterocycles. The van der Waals surface area contributed by atoms with Crippen molar-refractivity contribution in [2.45, 2.75) is 32.7 Å². The molecule has 1 atom stereocenters. The fourth-order valence-corrected chi connectivity index (χ4v) is 1.57. The van der Waals surface area contributed by atoms with Gasteiger partial charge in [-0.2, -0.15) is 0 Å². The number of carboxylic acids is 1. The Morgan fingerprint density at radius 1 is 1.35 bits per heavy atom. The SMILES string of the molecule is CCC(NC(=O)Cc1ccccc1C)C(=O)O. The Kier molecular flexibility index (Phi) is 4.69. The molecule has 1 unspecified atom stereocenters. The number of benzene rings is 1. The average Bonchev–Trinajstić information content (AvgIpc) is 2.28. The second kappa shape index (κ2) is 6.03. The van der Waals surface area contributed by atoms with E-state index in [-0.39, 0.29) is 12.3 Å². The van der Waals surface area contributed by atoms with Crippen molar-refractivity contribution in [2.75, 3.05) is 0 Å². The van der Waals surface area contributed by atoms with E-state index in [9.17, 15) is 9.59 Å². The van der Waals surface area contributed by atoms with Crippen LogP contribution in [-0.2, 0) is 16.0 Å². The first-order valence-electron chi connectivity index (χ1n) is 5.61. The molecular formula is C13H17NO3. The normalized spacial score (nSPS) is 11.9. The van der Waals surface area contributed by atoms with Gasteiger partial charge in [0.05, 0.1) is 6.42 Å². The molecule has 4 heteroatoms. The number of hydrogen-bond acceptors (Lipinski definition) is 2. The van der Waals surface area contributed by atoms with Crippen LogP contribution in [0.3, 0.4) is 0 Å². The Labute approximate surface area is 101 Å². The number of carboxylic acid groups (broad SMARTS) is 1. The van der Waals surface area contributed by atoms with Crippen molar-refractivity contribution in [3.8, 4) is 0 Å². The molecule has 4 nitrogen and oxygen atoms in total. The zero-order valence-electron chi connectivity index (χ0n) is 10.1. The van der Waals surface area contributed by atoms with Crippen molar-refractivity contribution < 1.29 is 14.7 Å². The largest absolute Gasteiger partial charge is 0.480 e. The lowest BCUT2D eigenvalue weighted by molar-refractivity contribution is -0.141. The molecule has 17 heavy (non-hydrogen) atoms. The highest BCUT2D eigenvalue weighted by Crippen LogP contribution is 2.07. The highest BCUT2D eigenvalue weighted by molar-refractivity contribution is 5.84. The quantitative estimate of drug-likeness (QED) is 0.813. The molecule has 0 aliphatic rings. The number of nitrogens with one attached hydrogen (secondary N) is 1. The number of carbonyl (C=O) groups excluding carboxylic acids is 1. The van der Waals surface area contributed by atoms with Crippen LogP contribution >= 0.6 is 0 Å². The Bertz CT molecular complexity index is 415. The number of carbonyl (C=O) groups is 2. The Morgan fingerprint density at radius 2 is 2.00 bits per heavy atom.